The van der Waals surface area contributed by atoms with Crippen molar-refractivity contribution in [1.29, 1.82) is 0 Å². The molecule has 4 rings (SSSR count). The Labute approximate surface area is 210 Å². The van der Waals surface area contributed by atoms with Crippen molar-refractivity contribution in [1.82, 2.24) is 0 Å². The van der Waals surface area contributed by atoms with Gasteiger partial charge in [-0.2, -0.15) is 13.2 Å². The highest BCUT2D eigenvalue weighted by atomic mass is 35.5. The zero-order chi connectivity index (χ0) is 26.4. The molecule has 3 aromatic rings. The third-order valence-electron chi connectivity index (χ3n) is 6.05. The number of aliphatic hydroxyl groups is 1. The summed E-state index contributed by atoms with van der Waals surface area (Å²) in [6, 6.07) is 13.0. The molecule has 1 amide bonds. The average molecular weight is 516 g/mol. The van der Waals surface area contributed by atoms with Gasteiger partial charge in [0.2, 0.25) is 0 Å². The first kappa shape index (κ1) is 25.3. The highest BCUT2D eigenvalue weighted by molar-refractivity contribution is 6.51. The van der Waals surface area contributed by atoms with E-state index in [9.17, 15) is 27.9 Å². The Morgan fingerprint density at radius 3 is 2.25 bits per heavy atom. The number of ether oxygens (including phenoxy) is 1. The molecule has 5 nitrogen and oxygen atoms in total. The van der Waals surface area contributed by atoms with Gasteiger partial charge in [0, 0.05) is 5.69 Å². The van der Waals surface area contributed by atoms with E-state index in [0.717, 1.165) is 29.2 Å². The van der Waals surface area contributed by atoms with Crippen molar-refractivity contribution in [2.75, 3.05) is 12.0 Å². The average Bonchev–Trinajstić information content (AvgIpc) is 3.08. The molecular formula is C27H21ClF3NO4. The minimum absolute atomic E-state index is 0.0756. The van der Waals surface area contributed by atoms with Gasteiger partial charge in [-0.15, -0.1) is 0 Å². The monoisotopic (exact) mass is 515 g/mol. The molecule has 1 fully saturated rings. The number of amides is 1. The molecule has 0 bridgehead atoms. The summed E-state index contributed by atoms with van der Waals surface area (Å²) < 4.78 is 44.7. The Morgan fingerprint density at radius 2 is 1.67 bits per heavy atom. The molecular weight excluding hydrogens is 495 g/mol. The van der Waals surface area contributed by atoms with Crippen LogP contribution in [0.1, 0.15) is 33.9 Å². The van der Waals surface area contributed by atoms with Gasteiger partial charge in [-0.1, -0.05) is 35.9 Å². The number of hydrogen-bond acceptors (Lipinski definition) is 4. The van der Waals surface area contributed by atoms with Crippen LogP contribution in [0.3, 0.4) is 0 Å². The van der Waals surface area contributed by atoms with E-state index in [-0.39, 0.29) is 27.6 Å². The highest BCUT2D eigenvalue weighted by Crippen LogP contribution is 2.45. The number of halogens is 4. The van der Waals surface area contributed by atoms with Gasteiger partial charge in [-0.05, 0) is 66.9 Å². The smallest absolute Gasteiger partial charge is 0.416 e. The van der Waals surface area contributed by atoms with Crippen LogP contribution in [0.2, 0.25) is 5.02 Å². The SMILES string of the molecule is COc1c(Cl)cc(C)cc1/C(O)=C1\C(=O)C(=O)N(c2ccc(C(F)(F)F)cc2)C1c1ccccc1C. The van der Waals surface area contributed by atoms with Crippen LogP contribution in [-0.4, -0.2) is 23.9 Å². The van der Waals surface area contributed by atoms with E-state index in [1.54, 1.807) is 50.2 Å². The molecule has 0 aromatic heterocycles. The fourth-order valence-electron chi connectivity index (χ4n) is 4.36. The molecule has 1 unspecified atom stereocenters. The van der Waals surface area contributed by atoms with Crippen LogP contribution in [0.15, 0.2) is 66.2 Å². The number of aryl methyl sites for hydroxylation is 2. The van der Waals surface area contributed by atoms with Gasteiger partial charge in [-0.25, -0.2) is 0 Å². The molecule has 0 radical (unpaired) electrons. The number of nitrogens with zero attached hydrogens (tertiary/aromatic N) is 1. The van der Waals surface area contributed by atoms with Crippen LogP contribution in [-0.2, 0) is 15.8 Å². The van der Waals surface area contributed by atoms with Crippen LogP contribution in [0.25, 0.3) is 5.76 Å². The van der Waals surface area contributed by atoms with Crippen molar-refractivity contribution in [3.63, 3.8) is 0 Å². The number of carbonyl (C=O) groups excluding carboxylic acids is 2. The van der Waals surface area contributed by atoms with Crippen LogP contribution in [0.5, 0.6) is 5.75 Å². The minimum Gasteiger partial charge on any atom is -0.507 e. The number of Topliss-reactive ketones (excluding diaryl/α,β-unsaturated/α-hetero) is 1. The third-order valence-corrected chi connectivity index (χ3v) is 6.33. The quantitative estimate of drug-likeness (QED) is 0.241. The number of aliphatic hydroxyl groups excluding tert-OH is 1. The highest BCUT2D eigenvalue weighted by Gasteiger charge is 2.48. The molecule has 0 spiro atoms. The molecule has 186 valence electrons. The lowest BCUT2D eigenvalue weighted by molar-refractivity contribution is -0.137. The first-order chi connectivity index (χ1) is 17.0. The molecule has 0 saturated carbocycles. The molecule has 1 heterocycles. The van der Waals surface area contributed by atoms with Crippen molar-refractivity contribution in [2.24, 2.45) is 0 Å². The van der Waals surface area contributed by atoms with E-state index >= 15 is 0 Å². The largest absolute Gasteiger partial charge is 0.507 e. The summed E-state index contributed by atoms with van der Waals surface area (Å²) in [5, 5.41) is 11.6. The summed E-state index contributed by atoms with van der Waals surface area (Å²) in [6.07, 6.45) is -4.57. The molecule has 9 heteroatoms. The first-order valence-corrected chi connectivity index (χ1v) is 11.2. The van der Waals surface area contributed by atoms with Crippen LogP contribution in [0, 0.1) is 13.8 Å². The molecule has 1 atom stereocenters. The molecule has 1 aliphatic rings. The molecule has 3 aromatic carbocycles. The summed E-state index contributed by atoms with van der Waals surface area (Å²) in [7, 11) is 1.35. The maximum Gasteiger partial charge on any atom is 0.416 e. The molecule has 0 aliphatic carbocycles. The topological polar surface area (TPSA) is 66.8 Å². The van der Waals surface area contributed by atoms with Gasteiger partial charge in [0.05, 0.1) is 34.9 Å². The number of alkyl halides is 3. The van der Waals surface area contributed by atoms with Crippen molar-refractivity contribution in [3.8, 4) is 5.75 Å². The van der Waals surface area contributed by atoms with Gasteiger partial charge in [0.15, 0.2) is 0 Å². The fraction of sp³-hybridized carbons (Fsp3) is 0.185. The number of carbonyl (C=O) groups is 2. The van der Waals surface area contributed by atoms with E-state index in [1.165, 1.54) is 7.11 Å². The molecule has 36 heavy (non-hydrogen) atoms. The second-order valence-electron chi connectivity index (χ2n) is 8.40. The van der Waals surface area contributed by atoms with Crippen LogP contribution in [0.4, 0.5) is 18.9 Å². The van der Waals surface area contributed by atoms with Crippen molar-refractivity contribution in [2.45, 2.75) is 26.1 Å². The Bertz CT molecular complexity index is 1400. The minimum atomic E-state index is -4.57. The first-order valence-electron chi connectivity index (χ1n) is 10.8. The Kier molecular flexibility index (Phi) is 6.58. The maximum atomic E-state index is 13.3. The number of hydrogen-bond donors (Lipinski definition) is 1. The second kappa shape index (κ2) is 9.35. The number of ketones is 1. The Morgan fingerprint density at radius 1 is 1.03 bits per heavy atom. The number of anilines is 1. The van der Waals surface area contributed by atoms with E-state index in [0.29, 0.717) is 16.7 Å². The van der Waals surface area contributed by atoms with Gasteiger partial charge in [0.25, 0.3) is 11.7 Å². The standard InChI is InChI=1S/C27H21ClF3NO4/c1-14-12-19(25(36-3)20(28)13-14)23(33)21-22(18-7-5-4-6-15(18)2)32(26(35)24(21)34)17-10-8-16(9-11-17)27(29,30)31/h4-13,22,33H,1-3H3/b23-21+. The lowest BCUT2D eigenvalue weighted by Crippen LogP contribution is -2.29. The summed E-state index contributed by atoms with van der Waals surface area (Å²) in [6.45, 7) is 3.51. The Balaban J connectivity index is 1.99. The number of methoxy groups -OCH3 is 1. The van der Waals surface area contributed by atoms with E-state index < -0.39 is 35.2 Å². The van der Waals surface area contributed by atoms with E-state index in [2.05, 4.69) is 0 Å². The zero-order valence-electron chi connectivity index (χ0n) is 19.5. The predicted molar refractivity (Wildman–Crippen MR) is 130 cm³/mol. The lowest BCUT2D eigenvalue weighted by atomic mass is 9.92. The fourth-order valence-corrected chi connectivity index (χ4v) is 4.71. The molecule has 1 N–H and O–H groups in total. The summed E-state index contributed by atoms with van der Waals surface area (Å²) in [4.78, 5) is 27.7. The van der Waals surface area contributed by atoms with Crippen molar-refractivity contribution in [3.05, 3.63) is 99.1 Å². The van der Waals surface area contributed by atoms with Crippen molar-refractivity contribution < 1.29 is 32.6 Å². The number of rotatable bonds is 4. The summed E-state index contributed by atoms with van der Waals surface area (Å²) in [5.41, 5.74) is 0.978. The third kappa shape index (κ3) is 4.33. The summed E-state index contributed by atoms with van der Waals surface area (Å²) in [5.74, 6) is -2.36. The van der Waals surface area contributed by atoms with Crippen LogP contribution < -0.4 is 9.64 Å². The van der Waals surface area contributed by atoms with Gasteiger partial charge in [-0.3, -0.25) is 14.5 Å². The van der Waals surface area contributed by atoms with E-state index in [4.69, 9.17) is 16.3 Å². The predicted octanol–water partition coefficient (Wildman–Crippen LogP) is 6.61. The lowest BCUT2D eigenvalue weighted by Gasteiger charge is -2.27. The van der Waals surface area contributed by atoms with E-state index in [1.807, 2.05) is 0 Å². The summed E-state index contributed by atoms with van der Waals surface area (Å²) >= 11 is 6.29. The van der Waals surface area contributed by atoms with Gasteiger partial charge < -0.3 is 9.84 Å². The molecule has 1 aliphatic heterocycles. The normalized spacial score (nSPS) is 17.5. The Hall–Kier alpha value is -3.78. The van der Waals surface area contributed by atoms with Crippen LogP contribution >= 0.6 is 11.6 Å². The van der Waals surface area contributed by atoms with Gasteiger partial charge in [0.1, 0.15) is 11.5 Å². The van der Waals surface area contributed by atoms with Crippen molar-refractivity contribution >= 4 is 34.7 Å². The maximum absolute atomic E-state index is 13.3. The number of benzene rings is 3. The second-order valence-corrected chi connectivity index (χ2v) is 8.81. The molecule has 1 saturated heterocycles. The zero-order valence-corrected chi connectivity index (χ0v) is 20.2. The van der Waals surface area contributed by atoms with Gasteiger partial charge >= 0.3 is 6.18 Å².